The van der Waals surface area contributed by atoms with Gasteiger partial charge in [0.2, 0.25) is 5.95 Å². The summed E-state index contributed by atoms with van der Waals surface area (Å²) >= 11 is 0. The molecule has 2 saturated heterocycles. The van der Waals surface area contributed by atoms with Crippen molar-refractivity contribution >= 4 is 40.2 Å². The van der Waals surface area contributed by atoms with Crippen LogP contribution < -0.4 is 20.3 Å². The van der Waals surface area contributed by atoms with Crippen LogP contribution in [0.2, 0.25) is 0 Å². The first-order valence-corrected chi connectivity index (χ1v) is 13.9. The third-order valence-corrected chi connectivity index (χ3v) is 7.46. The molecule has 0 aliphatic carbocycles. The SMILES string of the molecule is COc1cc(NC(=O)c2cc(N3CCN(C(=O)O)[C@@H](CC#N)C3)nc(NCCN3CCOCC3)n2)c2ccccc2c1. The maximum Gasteiger partial charge on any atom is 0.407 e. The smallest absolute Gasteiger partial charge is 0.407 e. The Bertz CT molecular complexity index is 1470. The monoisotopic (exact) mass is 574 g/mol. The minimum Gasteiger partial charge on any atom is -0.497 e. The lowest BCUT2D eigenvalue weighted by Gasteiger charge is -2.39. The minimum absolute atomic E-state index is 0.0504. The summed E-state index contributed by atoms with van der Waals surface area (Å²) in [6, 6.07) is 14.5. The van der Waals surface area contributed by atoms with Crippen molar-refractivity contribution in [2.45, 2.75) is 12.5 Å². The standard InChI is InChI=1S/C29H34N8O5/c1-41-22-16-20-4-2-3-5-23(20)24(17-22)32-27(38)25-18-26(36-10-11-37(29(39)40)21(19-36)6-7-30)34-28(33-25)31-8-9-35-12-14-42-15-13-35/h2-5,16-18,21H,6,8-15,19H2,1H3,(H,32,38)(H,39,40)(H,31,33,34)/t21-/m0/s1. The quantitative estimate of drug-likeness (QED) is 0.345. The van der Waals surface area contributed by atoms with E-state index in [1.165, 1.54) is 4.90 Å². The van der Waals surface area contributed by atoms with E-state index in [0.29, 0.717) is 49.5 Å². The molecule has 2 aliphatic heterocycles. The number of nitrogens with zero attached hydrogens (tertiary/aromatic N) is 6. The summed E-state index contributed by atoms with van der Waals surface area (Å²) in [5.74, 6) is 0.954. The molecule has 5 rings (SSSR count). The minimum atomic E-state index is -1.06. The molecule has 2 amide bonds. The fraction of sp³-hybridized carbons (Fsp3) is 0.414. The summed E-state index contributed by atoms with van der Waals surface area (Å²) in [5, 5.41) is 26.9. The van der Waals surface area contributed by atoms with Crippen LogP contribution in [0.1, 0.15) is 16.9 Å². The van der Waals surface area contributed by atoms with Crippen LogP contribution >= 0.6 is 0 Å². The molecule has 1 atom stereocenters. The number of amides is 2. The molecule has 2 aliphatic rings. The molecule has 0 radical (unpaired) electrons. The van der Waals surface area contributed by atoms with Gasteiger partial charge >= 0.3 is 6.09 Å². The average molecular weight is 575 g/mol. The Morgan fingerprint density at radius 3 is 2.71 bits per heavy atom. The summed E-state index contributed by atoms with van der Waals surface area (Å²) in [4.78, 5) is 40.0. The number of methoxy groups -OCH3 is 1. The average Bonchev–Trinajstić information content (AvgIpc) is 3.01. The lowest BCUT2D eigenvalue weighted by atomic mass is 10.1. The highest BCUT2D eigenvalue weighted by Crippen LogP contribution is 2.30. The highest BCUT2D eigenvalue weighted by atomic mass is 16.5. The molecule has 2 fully saturated rings. The second-order valence-corrected chi connectivity index (χ2v) is 10.1. The number of hydrogen-bond donors (Lipinski definition) is 3. The van der Waals surface area contributed by atoms with Gasteiger partial charge in [-0.2, -0.15) is 10.2 Å². The van der Waals surface area contributed by atoms with Crippen LogP contribution in [-0.2, 0) is 4.74 Å². The van der Waals surface area contributed by atoms with Crippen molar-refractivity contribution in [3.05, 3.63) is 48.2 Å². The van der Waals surface area contributed by atoms with Crippen LogP contribution in [0.25, 0.3) is 10.8 Å². The van der Waals surface area contributed by atoms with Gasteiger partial charge in [-0.05, 0) is 11.5 Å². The fourth-order valence-electron chi connectivity index (χ4n) is 5.23. The van der Waals surface area contributed by atoms with E-state index < -0.39 is 18.0 Å². The van der Waals surface area contributed by atoms with Gasteiger partial charge in [0, 0.05) is 63.3 Å². The van der Waals surface area contributed by atoms with Crippen molar-refractivity contribution in [3.8, 4) is 11.8 Å². The molecule has 1 aromatic heterocycles. The van der Waals surface area contributed by atoms with E-state index >= 15 is 0 Å². The maximum absolute atomic E-state index is 13.6. The van der Waals surface area contributed by atoms with Crippen LogP contribution in [0.15, 0.2) is 42.5 Å². The fourth-order valence-corrected chi connectivity index (χ4v) is 5.23. The molecule has 13 nitrogen and oxygen atoms in total. The summed E-state index contributed by atoms with van der Waals surface area (Å²) in [6.45, 7) is 5.25. The predicted octanol–water partition coefficient (Wildman–Crippen LogP) is 2.72. The maximum atomic E-state index is 13.6. The van der Waals surface area contributed by atoms with E-state index in [9.17, 15) is 20.0 Å². The molecule has 0 spiro atoms. The van der Waals surface area contributed by atoms with Gasteiger partial charge in [0.05, 0.1) is 44.5 Å². The zero-order valence-electron chi connectivity index (χ0n) is 23.5. The van der Waals surface area contributed by atoms with Crippen molar-refractivity contribution in [3.63, 3.8) is 0 Å². The van der Waals surface area contributed by atoms with E-state index in [1.807, 2.05) is 35.2 Å². The zero-order valence-corrected chi connectivity index (χ0v) is 23.5. The number of hydrogen-bond acceptors (Lipinski definition) is 10. The van der Waals surface area contributed by atoms with Gasteiger partial charge < -0.3 is 35.0 Å². The Morgan fingerprint density at radius 2 is 1.95 bits per heavy atom. The highest BCUT2D eigenvalue weighted by molar-refractivity contribution is 6.09. The number of morpholine rings is 1. The number of anilines is 3. The van der Waals surface area contributed by atoms with Crippen LogP contribution in [0.3, 0.4) is 0 Å². The van der Waals surface area contributed by atoms with Crippen molar-refractivity contribution in [1.82, 2.24) is 19.8 Å². The normalized spacial score (nSPS) is 17.5. The third-order valence-electron chi connectivity index (χ3n) is 7.46. The number of rotatable bonds is 9. The van der Waals surface area contributed by atoms with E-state index in [4.69, 9.17) is 9.47 Å². The van der Waals surface area contributed by atoms with E-state index in [-0.39, 0.29) is 25.2 Å². The second kappa shape index (κ2) is 13.3. The van der Waals surface area contributed by atoms with E-state index in [2.05, 4.69) is 31.6 Å². The number of carbonyl (C=O) groups is 2. The van der Waals surface area contributed by atoms with Crippen molar-refractivity contribution in [2.75, 3.05) is 81.7 Å². The topological polar surface area (TPSA) is 156 Å². The van der Waals surface area contributed by atoms with Crippen LogP contribution in [0.4, 0.5) is 22.2 Å². The summed E-state index contributed by atoms with van der Waals surface area (Å²) < 4.78 is 10.9. The molecule has 0 unspecified atom stereocenters. The lowest BCUT2D eigenvalue weighted by Crippen LogP contribution is -2.55. The first-order valence-electron chi connectivity index (χ1n) is 13.9. The molecule has 0 saturated carbocycles. The number of carboxylic acid groups (broad SMARTS) is 1. The summed E-state index contributed by atoms with van der Waals surface area (Å²) in [7, 11) is 1.57. The van der Waals surface area contributed by atoms with Gasteiger partial charge in [-0.3, -0.25) is 9.69 Å². The second-order valence-electron chi connectivity index (χ2n) is 10.1. The van der Waals surface area contributed by atoms with E-state index in [1.54, 1.807) is 19.2 Å². The summed E-state index contributed by atoms with van der Waals surface area (Å²) in [5.41, 5.74) is 0.736. The van der Waals surface area contributed by atoms with Crippen LogP contribution in [0.5, 0.6) is 5.75 Å². The van der Waals surface area contributed by atoms with Crippen LogP contribution in [0, 0.1) is 11.3 Å². The zero-order chi connectivity index (χ0) is 29.5. The van der Waals surface area contributed by atoms with Crippen molar-refractivity contribution in [1.29, 1.82) is 5.26 Å². The number of benzene rings is 2. The number of nitrogens with one attached hydrogen (secondary N) is 2. The Kier molecular flexibility index (Phi) is 9.15. The highest BCUT2D eigenvalue weighted by Gasteiger charge is 2.31. The molecule has 3 N–H and O–H groups in total. The Hall–Kier alpha value is -4.67. The van der Waals surface area contributed by atoms with Gasteiger partial charge in [-0.25, -0.2) is 9.78 Å². The molecule has 2 aromatic carbocycles. The van der Waals surface area contributed by atoms with Gasteiger partial charge in [-0.1, -0.05) is 24.3 Å². The van der Waals surface area contributed by atoms with Gasteiger partial charge in [0.25, 0.3) is 5.91 Å². The molecule has 0 bridgehead atoms. The lowest BCUT2D eigenvalue weighted by molar-refractivity contribution is 0.0398. The third kappa shape index (κ3) is 6.79. The number of carbonyl (C=O) groups excluding carboxylic acids is 1. The number of ether oxygens (including phenoxy) is 2. The molecule has 3 aromatic rings. The Labute approximate surface area is 243 Å². The first-order chi connectivity index (χ1) is 20.4. The molecular formula is C29H34N8O5. The van der Waals surface area contributed by atoms with Crippen molar-refractivity contribution in [2.24, 2.45) is 0 Å². The molecule has 42 heavy (non-hydrogen) atoms. The van der Waals surface area contributed by atoms with Crippen LogP contribution in [-0.4, -0.2) is 109 Å². The number of aromatic nitrogens is 2. The number of nitriles is 1. The largest absolute Gasteiger partial charge is 0.497 e. The Balaban J connectivity index is 1.42. The first kappa shape index (κ1) is 28.8. The predicted molar refractivity (Wildman–Crippen MR) is 157 cm³/mol. The van der Waals surface area contributed by atoms with Gasteiger partial charge in [0.1, 0.15) is 17.3 Å². The molecule has 220 valence electrons. The number of fused-ring (bicyclic) bond motifs is 1. The molecule has 13 heteroatoms. The van der Waals surface area contributed by atoms with E-state index in [0.717, 1.165) is 30.4 Å². The van der Waals surface area contributed by atoms with Crippen molar-refractivity contribution < 1.29 is 24.2 Å². The molecular weight excluding hydrogens is 540 g/mol. The molecule has 3 heterocycles. The Morgan fingerprint density at radius 1 is 1.14 bits per heavy atom. The van der Waals surface area contributed by atoms with Gasteiger partial charge in [0.15, 0.2) is 0 Å². The summed E-state index contributed by atoms with van der Waals surface area (Å²) in [6.07, 6.45) is -1.01. The number of piperazine rings is 1. The van der Waals surface area contributed by atoms with Gasteiger partial charge in [-0.15, -0.1) is 0 Å².